The van der Waals surface area contributed by atoms with Crippen molar-refractivity contribution in [1.82, 2.24) is 5.09 Å². The summed E-state index contributed by atoms with van der Waals surface area (Å²) in [7, 11) is -4.71. The highest BCUT2D eigenvalue weighted by molar-refractivity contribution is 7.49. The van der Waals surface area contributed by atoms with Crippen LogP contribution in [0.4, 0.5) is 0 Å². The quantitative estimate of drug-likeness (QED) is 0.316. The molecule has 1 aliphatic rings. The molecule has 1 unspecified atom stereocenters. The summed E-state index contributed by atoms with van der Waals surface area (Å²) >= 11 is 0. The van der Waals surface area contributed by atoms with Gasteiger partial charge in [0.05, 0.1) is 0 Å². The van der Waals surface area contributed by atoms with E-state index in [-0.39, 0.29) is 24.3 Å². The molecule has 1 aromatic carbocycles. The molecular formula is C15H18NO7P. The average molecular weight is 355 g/mol. The number of ketones is 1. The Labute approximate surface area is 138 Å². The largest absolute Gasteiger partial charge is 0.508 e. The first-order valence-electron chi connectivity index (χ1n) is 7.07. The summed E-state index contributed by atoms with van der Waals surface area (Å²) in [6.45, 7) is 0. The number of carbonyl (C=O) groups is 1. The predicted octanol–water partition coefficient (Wildman–Crippen LogP) is 0.327. The molecule has 0 radical (unpaired) electrons. The molecule has 0 bridgehead atoms. The van der Waals surface area contributed by atoms with Gasteiger partial charge in [-0.05, 0) is 36.3 Å². The van der Waals surface area contributed by atoms with Crippen LogP contribution in [-0.2, 0) is 15.8 Å². The second kappa shape index (κ2) is 6.88. The molecule has 2 rings (SSSR count). The van der Waals surface area contributed by atoms with Crippen molar-refractivity contribution in [3.63, 3.8) is 0 Å². The Morgan fingerprint density at radius 3 is 2.58 bits per heavy atom. The van der Waals surface area contributed by atoms with Crippen molar-refractivity contribution in [3.8, 4) is 5.75 Å². The van der Waals surface area contributed by atoms with Gasteiger partial charge < -0.3 is 25.1 Å². The van der Waals surface area contributed by atoms with Crippen LogP contribution in [0, 0.1) is 5.92 Å². The molecule has 1 atom stereocenters. The fourth-order valence-electron chi connectivity index (χ4n) is 2.52. The van der Waals surface area contributed by atoms with Crippen LogP contribution in [-0.4, -0.2) is 36.7 Å². The number of hydrogen-bond donors (Lipinski definition) is 6. The second-order valence-electron chi connectivity index (χ2n) is 5.52. The number of aryl methyl sites for hydroxylation is 1. The van der Waals surface area contributed by atoms with Crippen molar-refractivity contribution in [2.75, 3.05) is 0 Å². The van der Waals surface area contributed by atoms with Crippen LogP contribution in [0.3, 0.4) is 0 Å². The van der Waals surface area contributed by atoms with E-state index in [1.165, 1.54) is 24.3 Å². The van der Waals surface area contributed by atoms with E-state index in [0.29, 0.717) is 5.56 Å². The number of allylic oxidation sites excluding steroid dienone is 3. The number of hydrogen-bond acceptors (Lipinski definition) is 5. The van der Waals surface area contributed by atoms with Crippen LogP contribution in [0.1, 0.15) is 12.0 Å². The van der Waals surface area contributed by atoms with Gasteiger partial charge in [-0.1, -0.05) is 18.2 Å². The molecule has 8 nitrogen and oxygen atoms in total. The number of carbonyl (C=O) groups excluding carboxylic acids is 1. The molecule has 0 heterocycles. The predicted molar refractivity (Wildman–Crippen MR) is 84.5 cm³/mol. The summed E-state index contributed by atoms with van der Waals surface area (Å²) < 4.78 is 11.1. The van der Waals surface area contributed by atoms with Gasteiger partial charge in [-0.25, -0.2) is 4.57 Å². The lowest BCUT2D eigenvalue weighted by molar-refractivity contribution is -0.195. The lowest BCUT2D eigenvalue weighted by atomic mass is 9.84. The summed E-state index contributed by atoms with van der Waals surface area (Å²) in [5.41, 5.74) is 0.353. The van der Waals surface area contributed by atoms with E-state index in [2.05, 4.69) is 0 Å². The second-order valence-corrected chi connectivity index (χ2v) is 6.83. The summed E-state index contributed by atoms with van der Waals surface area (Å²) in [6.07, 6.45) is 3.44. The smallest absolute Gasteiger partial charge is 0.427 e. The third kappa shape index (κ3) is 4.77. The van der Waals surface area contributed by atoms with Gasteiger partial charge in [0.1, 0.15) is 11.7 Å². The van der Waals surface area contributed by atoms with Crippen LogP contribution in [0.2, 0.25) is 0 Å². The molecule has 1 aliphatic carbocycles. The van der Waals surface area contributed by atoms with Crippen LogP contribution in [0.5, 0.6) is 5.75 Å². The van der Waals surface area contributed by atoms with Crippen LogP contribution in [0.25, 0.3) is 0 Å². The fourth-order valence-corrected chi connectivity index (χ4v) is 3.06. The Hall–Kier alpha value is -1.96. The minimum absolute atomic E-state index is 0.0226. The minimum atomic E-state index is -4.71. The minimum Gasteiger partial charge on any atom is -0.508 e. The topological polar surface area (TPSA) is 147 Å². The van der Waals surface area contributed by atoms with E-state index in [9.17, 15) is 24.7 Å². The number of benzene rings is 1. The Kier molecular flexibility index (Phi) is 5.27. The number of aromatic hydroxyl groups is 1. The Bertz CT molecular complexity index is 735. The van der Waals surface area contributed by atoms with Crippen LogP contribution in [0.15, 0.2) is 48.2 Å². The van der Waals surface area contributed by atoms with E-state index < -0.39 is 25.2 Å². The maximum absolute atomic E-state index is 12.0. The standard InChI is InChI=1S/C15H18NO7P/c17-11-4-1-3-10(9-11)7-8-15(19,20)14-12(16-24(21,22)23)5-2-6-13(14)18/h1-6,9,14,17,19-20H,7-8H2,(H3,16,21,22,23). The molecule has 6 N–H and O–H groups in total. The van der Waals surface area contributed by atoms with Gasteiger partial charge in [0.15, 0.2) is 11.6 Å². The maximum atomic E-state index is 12.0. The highest BCUT2D eigenvalue weighted by atomic mass is 31.2. The summed E-state index contributed by atoms with van der Waals surface area (Å²) in [5, 5.41) is 31.9. The highest BCUT2D eigenvalue weighted by Gasteiger charge is 2.43. The van der Waals surface area contributed by atoms with Gasteiger partial charge in [0.25, 0.3) is 0 Å². The molecule has 0 aliphatic heterocycles. The van der Waals surface area contributed by atoms with E-state index in [1.807, 2.05) is 5.09 Å². The highest BCUT2D eigenvalue weighted by Crippen LogP contribution is 2.37. The van der Waals surface area contributed by atoms with Crippen molar-refractivity contribution in [1.29, 1.82) is 0 Å². The van der Waals surface area contributed by atoms with Crippen LogP contribution >= 0.6 is 7.75 Å². The van der Waals surface area contributed by atoms with Crippen molar-refractivity contribution >= 4 is 13.5 Å². The molecule has 130 valence electrons. The van der Waals surface area contributed by atoms with E-state index in [0.717, 1.165) is 6.08 Å². The number of phenolic OH excluding ortho intramolecular Hbond substituents is 1. The summed E-state index contributed by atoms with van der Waals surface area (Å²) in [5.74, 6) is -4.74. The zero-order chi connectivity index (χ0) is 18.0. The van der Waals surface area contributed by atoms with Crippen LogP contribution < -0.4 is 5.09 Å². The van der Waals surface area contributed by atoms with Crippen molar-refractivity contribution in [2.45, 2.75) is 18.6 Å². The fraction of sp³-hybridized carbons (Fsp3) is 0.267. The number of phenols is 1. The molecule has 1 aromatic rings. The number of nitrogens with one attached hydrogen (secondary N) is 1. The molecule has 0 saturated heterocycles. The first-order valence-corrected chi connectivity index (χ1v) is 8.68. The van der Waals surface area contributed by atoms with E-state index >= 15 is 0 Å². The third-order valence-electron chi connectivity index (χ3n) is 3.56. The summed E-state index contributed by atoms with van der Waals surface area (Å²) in [4.78, 5) is 30.0. The first-order chi connectivity index (χ1) is 11.1. The third-order valence-corrected chi connectivity index (χ3v) is 4.11. The van der Waals surface area contributed by atoms with Gasteiger partial charge in [0.2, 0.25) is 0 Å². The van der Waals surface area contributed by atoms with Gasteiger partial charge in [0, 0.05) is 12.1 Å². The van der Waals surface area contributed by atoms with E-state index in [1.54, 1.807) is 12.1 Å². The first kappa shape index (κ1) is 18.4. The molecule has 9 heteroatoms. The van der Waals surface area contributed by atoms with Crippen molar-refractivity contribution in [3.05, 3.63) is 53.8 Å². The zero-order valence-electron chi connectivity index (χ0n) is 12.5. The zero-order valence-corrected chi connectivity index (χ0v) is 13.4. The summed E-state index contributed by atoms with van der Waals surface area (Å²) in [6, 6.07) is 6.18. The molecule has 24 heavy (non-hydrogen) atoms. The Morgan fingerprint density at radius 1 is 1.25 bits per heavy atom. The normalized spacial score (nSPS) is 18.4. The molecule has 0 spiro atoms. The molecule has 0 amide bonds. The van der Waals surface area contributed by atoms with E-state index in [4.69, 9.17) is 9.79 Å². The number of rotatable bonds is 6. The SMILES string of the molecule is O=C1C=CC=C(NP(=O)(O)O)C1C(O)(O)CCc1cccc(O)c1. The van der Waals surface area contributed by atoms with Gasteiger partial charge in [-0.3, -0.25) is 9.88 Å². The molecule has 0 fully saturated rings. The molecule has 0 aromatic heterocycles. The van der Waals surface area contributed by atoms with Gasteiger partial charge in [-0.2, -0.15) is 0 Å². The monoisotopic (exact) mass is 355 g/mol. The number of aliphatic hydroxyl groups is 2. The lowest BCUT2D eigenvalue weighted by Gasteiger charge is -2.33. The maximum Gasteiger partial charge on any atom is 0.427 e. The lowest BCUT2D eigenvalue weighted by Crippen LogP contribution is -2.46. The molecular weight excluding hydrogens is 337 g/mol. The Balaban J connectivity index is 2.18. The van der Waals surface area contributed by atoms with Crippen molar-refractivity contribution < 1.29 is 34.5 Å². The van der Waals surface area contributed by atoms with Crippen molar-refractivity contribution in [2.24, 2.45) is 5.92 Å². The Morgan fingerprint density at radius 2 is 1.96 bits per heavy atom. The van der Waals surface area contributed by atoms with Gasteiger partial charge >= 0.3 is 7.75 Å². The van der Waals surface area contributed by atoms with Gasteiger partial charge in [-0.15, -0.1) is 0 Å². The average Bonchev–Trinajstić information content (AvgIpc) is 2.43. The molecule has 0 saturated carbocycles.